The molecule has 0 saturated heterocycles. The van der Waals surface area contributed by atoms with E-state index in [0.29, 0.717) is 34.8 Å². The zero-order chi connectivity index (χ0) is 16.9. The third-order valence-corrected chi connectivity index (χ3v) is 3.65. The van der Waals surface area contributed by atoms with Crippen LogP contribution in [-0.4, -0.2) is 35.3 Å². The van der Waals surface area contributed by atoms with Crippen LogP contribution in [0.1, 0.15) is 0 Å². The Morgan fingerprint density at radius 3 is 2.72 bits per heavy atom. The van der Waals surface area contributed by atoms with E-state index in [-0.39, 0.29) is 19.0 Å². The second kappa shape index (κ2) is 8.71. The van der Waals surface area contributed by atoms with Crippen molar-refractivity contribution in [3.63, 3.8) is 0 Å². The predicted molar refractivity (Wildman–Crippen MR) is 104 cm³/mol. The molecule has 0 atom stereocenters. The molecule has 3 aromatic rings. The summed E-state index contributed by atoms with van der Waals surface area (Å²) < 4.78 is 5.33. The number of hydrogen-bond acceptors (Lipinski definition) is 6. The molecule has 0 aliphatic heterocycles. The highest BCUT2D eigenvalue weighted by Crippen LogP contribution is 2.31. The Labute approximate surface area is 156 Å². The number of para-hydroxylation sites is 1. The molecular formula is C17H18Cl2N4O2. The van der Waals surface area contributed by atoms with Crippen molar-refractivity contribution in [1.82, 2.24) is 9.97 Å². The first-order valence-electron chi connectivity index (χ1n) is 7.43. The van der Waals surface area contributed by atoms with Crippen LogP contribution in [-0.2, 0) is 0 Å². The molecule has 0 aliphatic rings. The Morgan fingerprint density at radius 2 is 1.96 bits per heavy atom. The smallest absolute Gasteiger partial charge is 0.229 e. The summed E-state index contributed by atoms with van der Waals surface area (Å²) in [6, 6.07) is 12.9. The lowest BCUT2D eigenvalue weighted by Gasteiger charge is -2.13. The molecule has 0 unspecified atom stereocenters. The summed E-state index contributed by atoms with van der Waals surface area (Å²) in [6.45, 7) is 0.421. The lowest BCUT2D eigenvalue weighted by molar-refractivity contribution is 0.311. The first-order valence-corrected chi connectivity index (χ1v) is 7.81. The Kier molecular flexibility index (Phi) is 6.64. The minimum Gasteiger partial charge on any atom is -0.495 e. The van der Waals surface area contributed by atoms with E-state index < -0.39 is 0 Å². The summed E-state index contributed by atoms with van der Waals surface area (Å²) in [5.74, 6) is 1.70. The van der Waals surface area contributed by atoms with Crippen LogP contribution in [0.5, 0.6) is 5.75 Å². The van der Waals surface area contributed by atoms with Gasteiger partial charge in [0.25, 0.3) is 0 Å². The van der Waals surface area contributed by atoms with Crippen molar-refractivity contribution in [3.05, 3.63) is 47.5 Å². The van der Waals surface area contributed by atoms with E-state index in [2.05, 4.69) is 20.6 Å². The van der Waals surface area contributed by atoms with Crippen LogP contribution in [0.2, 0.25) is 5.02 Å². The fourth-order valence-electron chi connectivity index (χ4n) is 2.34. The number of aliphatic hydroxyl groups is 1. The molecule has 1 heterocycles. The van der Waals surface area contributed by atoms with Crippen LogP contribution in [0.25, 0.3) is 10.9 Å². The number of rotatable bonds is 6. The lowest BCUT2D eigenvalue weighted by atomic mass is 10.2. The average Bonchev–Trinajstić information content (AvgIpc) is 2.60. The molecule has 0 spiro atoms. The number of methoxy groups -OCH3 is 1. The monoisotopic (exact) mass is 380 g/mol. The topological polar surface area (TPSA) is 79.3 Å². The second-order valence-corrected chi connectivity index (χ2v) is 5.47. The fourth-order valence-corrected chi connectivity index (χ4v) is 2.51. The molecule has 0 aliphatic carbocycles. The summed E-state index contributed by atoms with van der Waals surface area (Å²) in [6.07, 6.45) is 0. The van der Waals surface area contributed by atoms with Crippen LogP contribution in [0.4, 0.5) is 17.5 Å². The maximum absolute atomic E-state index is 9.05. The quantitative estimate of drug-likeness (QED) is 0.602. The molecule has 8 heteroatoms. The minimum absolute atomic E-state index is 0. The molecule has 25 heavy (non-hydrogen) atoms. The number of aromatic nitrogens is 2. The first kappa shape index (κ1) is 19.1. The summed E-state index contributed by atoms with van der Waals surface area (Å²) in [5.41, 5.74) is 1.46. The predicted octanol–water partition coefficient (Wildman–Crippen LogP) is 3.86. The number of benzene rings is 2. The average molecular weight is 381 g/mol. The summed E-state index contributed by atoms with van der Waals surface area (Å²) in [5, 5.41) is 16.8. The van der Waals surface area contributed by atoms with Crippen LogP contribution in [0, 0.1) is 0 Å². The van der Waals surface area contributed by atoms with Crippen LogP contribution in [0.3, 0.4) is 0 Å². The van der Waals surface area contributed by atoms with Crippen molar-refractivity contribution >= 4 is 52.4 Å². The van der Waals surface area contributed by atoms with E-state index >= 15 is 0 Å². The highest BCUT2D eigenvalue weighted by atomic mass is 35.5. The Morgan fingerprint density at radius 1 is 1.16 bits per heavy atom. The molecule has 132 valence electrons. The van der Waals surface area contributed by atoms with Gasteiger partial charge in [-0.1, -0.05) is 23.7 Å². The van der Waals surface area contributed by atoms with Crippen molar-refractivity contribution in [1.29, 1.82) is 0 Å². The molecule has 0 saturated carbocycles. The number of aliphatic hydroxyl groups excluding tert-OH is 1. The Balaban J connectivity index is 0.00000225. The molecule has 0 radical (unpaired) electrons. The Bertz CT molecular complexity index is 861. The van der Waals surface area contributed by atoms with Crippen molar-refractivity contribution in [3.8, 4) is 5.75 Å². The molecule has 0 fully saturated rings. The van der Waals surface area contributed by atoms with Gasteiger partial charge < -0.3 is 20.5 Å². The van der Waals surface area contributed by atoms with Gasteiger partial charge in [0.15, 0.2) is 0 Å². The highest BCUT2D eigenvalue weighted by Gasteiger charge is 2.10. The van der Waals surface area contributed by atoms with Gasteiger partial charge in [0.2, 0.25) is 5.95 Å². The first-order chi connectivity index (χ1) is 11.7. The summed E-state index contributed by atoms with van der Waals surface area (Å²) >= 11 is 6.06. The second-order valence-electron chi connectivity index (χ2n) is 5.03. The number of nitrogens with one attached hydrogen (secondary N) is 2. The van der Waals surface area contributed by atoms with E-state index in [1.807, 2.05) is 24.3 Å². The van der Waals surface area contributed by atoms with Gasteiger partial charge in [-0.05, 0) is 30.3 Å². The van der Waals surface area contributed by atoms with Gasteiger partial charge >= 0.3 is 0 Å². The van der Waals surface area contributed by atoms with Crippen molar-refractivity contribution in [2.45, 2.75) is 0 Å². The number of nitrogens with zero attached hydrogens (tertiary/aromatic N) is 2. The van der Waals surface area contributed by atoms with Crippen molar-refractivity contribution in [2.24, 2.45) is 0 Å². The number of hydrogen-bond donors (Lipinski definition) is 3. The van der Waals surface area contributed by atoms with Crippen LogP contribution >= 0.6 is 24.0 Å². The molecule has 0 bridgehead atoms. The third-order valence-electron chi connectivity index (χ3n) is 3.42. The van der Waals surface area contributed by atoms with Crippen LogP contribution < -0.4 is 15.4 Å². The molecule has 1 aromatic heterocycles. The van der Waals surface area contributed by atoms with Crippen LogP contribution in [0.15, 0.2) is 42.5 Å². The standard InChI is InChI=1S/C17H17ClN4O2.ClH/c1-24-15-7-6-11(18)10-14(15)21-17-20-13-5-3-2-4-12(13)16(22-17)19-8-9-23;/h2-7,10,23H,8-9H2,1H3,(H2,19,20,21,22);1H. The van der Waals surface area contributed by atoms with Gasteiger partial charge in [-0.3, -0.25) is 0 Å². The van der Waals surface area contributed by atoms with E-state index in [1.54, 1.807) is 25.3 Å². The largest absolute Gasteiger partial charge is 0.495 e. The van der Waals surface area contributed by atoms with Crippen molar-refractivity contribution in [2.75, 3.05) is 30.9 Å². The molecule has 2 aromatic carbocycles. The molecule has 0 amide bonds. The lowest BCUT2D eigenvalue weighted by Crippen LogP contribution is -2.09. The van der Waals surface area contributed by atoms with Gasteiger partial charge in [-0.25, -0.2) is 4.98 Å². The number of ether oxygens (including phenoxy) is 1. The number of anilines is 3. The molecular weight excluding hydrogens is 363 g/mol. The zero-order valence-electron chi connectivity index (χ0n) is 13.5. The van der Waals surface area contributed by atoms with Gasteiger partial charge in [0.1, 0.15) is 11.6 Å². The normalized spacial score (nSPS) is 10.2. The van der Waals surface area contributed by atoms with Gasteiger partial charge in [-0.2, -0.15) is 4.98 Å². The van der Waals surface area contributed by atoms with E-state index in [0.717, 1.165) is 10.9 Å². The molecule has 3 N–H and O–H groups in total. The maximum atomic E-state index is 9.05. The molecule has 3 rings (SSSR count). The van der Waals surface area contributed by atoms with E-state index in [1.165, 1.54) is 0 Å². The van der Waals surface area contributed by atoms with Gasteiger partial charge in [-0.15, -0.1) is 12.4 Å². The number of fused-ring (bicyclic) bond motifs is 1. The van der Waals surface area contributed by atoms with E-state index in [4.69, 9.17) is 21.4 Å². The van der Waals surface area contributed by atoms with Crippen molar-refractivity contribution < 1.29 is 9.84 Å². The summed E-state index contributed by atoms with van der Waals surface area (Å²) in [7, 11) is 1.59. The molecule has 6 nitrogen and oxygen atoms in total. The Hall–Kier alpha value is -2.28. The maximum Gasteiger partial charge on any atom is 0.229 e. The minimum atomic E-state index is 0. The van der Waals surface area contributed by atoms with Gasteiger partial charge in [0.05, 0.1) is 24.9 Å². The SMILES string of the molecule is COc1ccc(Cl)cc1Nc1nc(NCCO)c2ccccc2n1.Cl. The van der Waals surface area contributed by atoms with Gasteiger partial charge in [0, 0.05) is 17.0 Å². The fraction of sp³-hybridized carbons (Fsp3) is 0.176. The van der Waals surface area contributed by atoms with E-state index in [9.17, 15) is 0 Å². The summed E-state index contributed by atoms with van der Waals surface area (Å²) in [4.78, 5) is 9.02. The number of halogens is 2. The zero-order valence-corrected chi connectivity index (χ0v) is 15.1. The third kappa shape index (κ3) is 4.42. The highest BCUT2D eigenvalue weighted by molar-refractivity contribution is 6.31.